The second kappa shape index (κ2) is 7.87. The van der Waals surface area contributed by atoms with Crippen LogP contribution in [0.25, 0.3) is 0 Å². The van der Waals surface area contributed by atoms with E-state index < -0.39 is 0 Å². The molecule has 1 saturated heterocycles. The van der Waals surface area contributed by atoms with Gasteiger partial charge in [-0.25, -0.2) is 0 Å². The summed E-state index contributed by atoms with van der Waals surface area (Å²) in [5.74, 6) is -0.517. The first-order valence-electron chi connectivity index (χ1n) is 9.64. The molecule has 2 aromatic rings. The molecular weight excluding hydrogens is 390 g/mol. The Morgan fingerprint density at radius 3 is 2.59 bits per heavy atom. The minimum absolute atomic E-state index is 0.00239. The van der Waals surface area contributed by atoms with Crippen molar-refractivity contribution in [2.75, 3.05) is 24.7 Å². The largest absolute Gasteiger partial charge is 0.326 e. The summed E-state index contributed by atoms with van der Waals surface area (Å²) in [7, 11) is 0. The van der Waals surface area contributed by atoms with Crippen LogP contribution >= 0.6 is 11.6 Å². The molecule has 1 saturated carbocycles. The van der Waals surface area contributed by atoms with E-state index in [0.717, 1.165) is 18.4 Å². The predicted octanol–water partition coefficient (Wildman–Crippen LogP) is 3.09. The maximum Gasteiger partial charge on any atom is 0.254 e. The number of nitrogens with zero attached hydrogens (tertiary/aromatic N) is 3. The number of hydrogen-bond acceptors (Lipinski definition) is 3. The van der Waals surface area contributed by atoms with E-state index in [0.29, 0.717) is 16.3 Å². The summed E-state index contributed by atoms with van der Waals surface area (Å²) >= 11 is 6.02. The summed E-state index contributed by atoms with van der Waals surface area (Å²) in [5.41, 5.74) is 2.16. The molecule has 2 fully saturated rings. The predicted molar refractivity (Wildman–Crippen MR) is 111 cm³/mol. The monoisotopic (exact) mass is 411 g/mol. The Balaban J connectivity index is 1.47. The average molecular weight is 412 g/mol. The highest BCUT2D eigenvalue weighted by atomic mass is 35.5. The normalized spacial score (nSPS) is 16.3. The molecular formula is C22H22ClN3O3. The Kier molecular flexibility index (Phi) is 5.28. The minimum Gasteiger partial charge on any atom is -0.326 e. The van der Waals surface area contributed by atoms with Crippen LogP contribution in [-0.4, -0.2) is 53.3 Å². The molecule has 0 spiro atoms. The number of carbonyl (C=O) groups excluding carboxylic acids is 3. The standard InChI is InChI=1S/C22H22ClN3O3/c1-15-5-2-3-8-19(15)22(29)25(17-9-10-17)13-20(27)24-12-21(28)26(14-24)18-7-4-6-16(23)11-18/h2-8,11,17H,9-10,12-14H2,1H3. The van der Waals surface area contributed by atoms with Gasteiger partial charge in [0.1, 0.15) is 19.8 Å². The average Bonchev–Trinajstić information content (AvgIpc) is 3.47. The number of halogens is 1. The quantitative estimate of drug-likeness (QED) is 0.759. The van der Waals surface area contributed by atoms with Crippen molar-refractivity contribution < 1.29 is 14.4 Å². The Morgan fingerprint density at radius 1 is 1.14 bits per heavy atom. The summed E-state index contributed by atoms with van der Waals surface area (Å²) in [4.78, 5) is 43.1. The zero-order chi connectivity index (χ0) is 20.5. The topological polar surface area (TPSA) is 60.9 Å². The lowest BCUT2D eigenvalue weighted by atomic mass is 10.1. The van der Waals surface area contributed by atoms with E-state index in [1.807, 2.05) is 25.1 Å². The van der Waals surface area contributed by atoms with Crippen LogP contribution < -0.4 is 4.90 Å². The van der Waals surface area contributed by atoms with Crippen molar-refractivity contribution in [3.8, 4) is 0 Å². The number of aryl methyl sites for hydroxylation is 1. The third-order valence-electron chi connectivity index (χ3n) is 5.34. The maximum absolute atomic E-state index is 13.0. The highest BCUT2D eigenvalue weighted by Gasteiger charge is 2.38. The van der Waals surface area contributed by atoms with Crippen LogP contribution in [0.15, 0.2) is 48.5 Å². The van der Waals surface area contributed by atoms with Crippen LogP contribution in [0.5, 0.6) is 0 Å². The van der Waals surface area contributed by atoms with Crippen LogP contribution in [0.3, 0.4) is 0 Å². The van der Waals surface area contributed by atoms with E-state index in [2.05, 4.69) is 0 Å². The van der Waals surface area contributed by atoms with Gasteiger partial charge in [-0.05, 0) is 49.6 Å². The van der Waals surface area contributed by atoms with Crippen molar-refractivity contribution in [1.82, 2.24) is 9.80 Å². The van der Waals surface area contributed by atoms with Gasteiger partial charge in [0.2, 0.25) is 11.8 Å². The highest BCUT2D eigenvalue weighted by molar-refractivity contribution is 6.31. The minimum atomic E-state index is -0.225. The summed E-state index contributed by atoms with van der Waals surface area (Å²) < 4.78 is 0. The molecule has 1 heterocycles. The highest BCUT2D eigenvalue weighted by Crippen LogP contribution is 2.29. The van der Waals surface area contributed by atoms with Gasteiger partial charge < -0.3 is 9.80 Å². The zero-order valence-electron chi connectivity index (χ0n) is 16.2. The van der Waals surface area contributed by atoms with Gasteiger partial charge in [-0.3, -0.25) is 19.3 Å². The SMILES string of the molecule is Cc1ccccc1C(=O)N(CC(=O)N1CC(=O)N(c2cccc(Cl)c2)C1)C1CC1. The lowest BCUT2D eigenvalue weighted by Crippen LogP contribution is -2.44. The van der Waals surface area contributed by atoms with Crippen molar-refractivity contribution in [1.29, 1.82) is 0 Å². The fraction of sp³-hybridized carbons (Fsp3) is 0.318. The summed E-state index contributed by atoms with van der Waals surface area (Å²) in [5, 5.41) is 0.531. The van der Waals surface area contributed by atoms with Crippen molar-refractivity contribution in [3.05, 3.63) is 64.7 Å². The van der Waals surface area contributed by atoms with E-state index >= 15 is 0 Å². The third-order valence-corrected chi connectivity index (χ3v) is 5.58. The molecule has 0 aromatic heterocycles. The van der Waals surface area contributed by atoms with Crippen LogP contribution in [0, 0.1) is 6.92 Å². The second-order valence-electron chi connectivity index (χ2n) is 7.51. The van der Waals surface area contributed by atoms with Crippen molar-refractivity contribution in [3.63, 3.8) is 0 Å². The van der Waals surface area contributed by atoms with Crippen LogP contribution in [0.1, 0.15) is 28.8 Å². The molecule has 6 nitrogen and oxygen atoms in total. The van der Waals surface area contributed by atoms with Gasteiger partial charge in [0.05, 0.1) is 0 Å². The first kappa shape index (κ1) is 19.5. The molecule has 4 rings (SSSR count). The van der Waals surface area contributed by atoms with Crippen LogP contribution in [0.4, 0.5) is 5.69 Å². The molecule has 0 unspecified atom stereocenters. The molecule has 29 heavy (non-hydrogen) atoms. The Morgan fingerprint density at radius 2 is 1.90 bits per heavy atom. The fourth-order valence-corrected chi connectivity index (χ4v) is 3.74. The summed E-state index contributed by atoms with van der Waals surface area (Å²) in [6.07, 6.45) is 1.80. The molecule has 1 aliphatic carbocycles. The number of hydrogen-bond donors (Lipinski definition) is 0. The molecule has 0 bridgehead atoms. The number of amides is 3. The van der Waals surface area contributed by atoms with Gasteiger partial charge in [0.25, 0.3) is 5.91 Å². The molecule has 0 N–H and O–H groups in total. The van der Waals surface area contributed by atoms with Gasteiger partial charge in [-0.1, -0.05) is 35.9 Å². The number of carbonyl (C=O) groups is 3. The molecule has 3 amide bonds. The summed E-state index contributed by atoms with van der Waals surface area (Å²) in [6.45, 7) is 2.04. The van der Waals surface area contributed by atoms with Gasteiger partial charge in [-0.15, -0.1) is 0 Å². The lowest BCUT2D eigenvalue weighted by Gasteiger charge is -2.25. The van der Waals surface area contributed by atoms with Gasteiger partial charge in [0.15, 0.2) is 0 Å². The molecule has 0 atom stereocenters. The Bertz CT molecular complexity index is 973. The first-order chi connectivity index (χ1) is 13.9. The molecule has 150 valence electrons. The van der Waals surface area contributed by atoms with Crippen LogP contribution in [0.2, 0.25) is 5.02 Å². The van der Waals surface area contributed by atoms with E-state index in [1.165, 1.54) is 9.80 Å². The molecule has 1 aliphatic heterocycles. The lowest BCUT2D eigenvalue weighted by molar-refractivity contribution is -0.132. The van der Waals surface area contributed by atoms with Gasteiger partial charge >= 0.3 is 0 Å². The fourth-order valence-electron chi connectivity index (χ4n) is 3.55. The van der Waals surface area contributed by atoms with Gasteiger partial charge in [-0.2, -0.15) is 0 Å². The molecule has 2 aliphatic rings. The Labute approximate surface area is 174 Å². The van der Waals surface area contributed by atoms with Gasteiger partial charge in [0, 0.05) is 22.3 Å². The smallest absolute Gasteiger partial charge is 0.254 e. The Hall–Kier alpha value is -2.86. The second-order valence-corrected chi connectivity index (χ2v) is 7.95. The van der Waals surface area contributed by atoms with Crippen molar-refractivity contribution in [2.24, 2.45) is 0 Å². The number of anilines is 1. The molecule has 2 aromatic carbocycles. The summed E-state index contributed by atoms with van der Waals surface area (Å²) in [6, 6.07) is 14.5. The first-order valence-corrected chi connectivity index (χ1v) is 10.0. The van der Waals surface area contributed by atoms with Crippen LogP contribution in [-0.2, 0) is 9.59 Å². The zero-order valence-corrected chi connectivity index (χ0v) is 16.9. The van der Waals surface area contributed by atoms with E-state index in [4.69, 9.17) is 11.6 Å². The number of rotatable bonds is 5. The molecule has 0 radical (unpaired) electrons. The third kappa shape index (κ3) is 4.12. The molecule has 7 heteroatoms. The van der Waals surface area contributed by atoms with E-state index in [-0.39, 0.29) is 43.5 Å². The maximum atomic E-state index is 13.0. The van der Waals surface area contributed by atoms with E-state index in [9.17, 15) is 14.4 Å². The van der Waals surface area contributed by atoms with Crippen molar-refractivity contribution in [2.45, 2.75) is 25.8 Å². The van der Waals surface area contributed by atoms with E-state index in [1.54, 1.807) is 35.2 Å². The number of benzene rings is 2. The van der Waals surface area contributed by atoms with Crippen molar-refractivity contribution >= 4 is 35.0 Å².